The number of likely N-dealkylation sites (tertiary alicyclic amines) is 1. The number of ether oxygens (including phenoxy) is 2. The molecule has 0 unspecified atom stereocenters. The van der Waals surface area contributed by atoms with E-state index in [0.717, 1.165) is 18.8 Å². The monoisotopic (exact) mass is 431 g/mol. The molecule has 2 amide bonds. The number of hydrogen-bond acceptors (Lipinski definition) is 6. The van der Waals surface area contributed by atoms with Crippen LogP contribution in [0, 0.1) is 11.3 Å². The quantitative estimate of drug-likeness (QED) is 0.737. The number of nitrogens with zero attached hydrogens (tertiary/aromatic N) is 2. The van der Waals surface area contributed by atoms with Crippen LogP contribution in [0.3, 0.4) is 0 Å². The predicted octanol–water partition coefficient (Wildman–Crippen LogP) is 2.53. The smallest absolute Gasteiger partial charge is 0.340 e. The number of benzene rings is 1. The summed E-state index contributed by atoms with van der Waals surface area (Å²) < 4.78 is 10.3. The minimum absolute atomic E-state index is 0.109. The molecule has 2 fully saturated rings. The summed E-state index contributed by atoms with van der Waals surface area (Å²) in [5, 5.41) is 2.91. The van der Waals surface area contributed by atoms with Gasteiger partial charge in [-0.05, 0) is 31.0 Å². The molecule has 2 heterocycles. The number of piperidine rings is 1. The molecule has 0 bridgehead atoms. The summed E-state index contributed by atoms with van der Waals surface area (Å²) in [6.07, 6.45) is 1.21. The number of carbonyl (C=O) groups excluding carboxylic acids is 3. The van der Waals surface area contributed by atoms with Crippen molar-refractivity contribution < 1.29 is 23.9 Å². The highest BCUT2D eigenvalue weighted by molar-refractivity contribution is 6.02. The van der Waals surface area contributed by atoms with E-state index in [9.17, 15) is 14.4 Å². The number of nitrogens with one attached hydrogen (secondary N) is 1. The number of carbonyl (C=O) groups is 3. The first-order valence-corrected chi connectivity index (χ1v) is 10.9. The molecule has 2 saturated heterocycles. The van der Waals surface area contributed by atoms with Crippen LogP contribution in [0.25, 0.3) is 0 Å². The average Bonchev–Trinajstić information content (AvgIpc) is 2.78. The zero-order valence-electron chi connectivity index (χ0n) is 18.9. The first-order valence-electron chi connectivity index (χ1n) is 10.9. The van der Waals surface area contributed by atoms with Crippen molar-refractivity contribution in [3.05, 3.63) is 23.8 Å². The Morgan fingerprint density at radius 2 is 1.71 bits per heavy atom. The Morgan fingerprint density at radius 1 is 1.06 bits per heavy atom. The fourth-order valence-electron chi connectivity index (χ4n) is 3.99. The SMILES string of the molecule is COC(=O)c1cc(N2CCOCC2)ccc1NC(=O)C1CCN(C(=O)C(C)(C)C)CC1. The van der Waals surface area contributed by atoms with Crippen molar-refractivity contribution in [2.75, 3.05) is 56.7 Å². The number of rotatable bonds is 4. The Hall–Kier alpha value is -2.61. The summed E-state index contributed by atoms with van der Waals surface area (Å²) in [5.74, 6) is -0.713. The first kappa shape index (κ1) is 23.1. The van der Waals surface area contributed by atoms with E-state index in [1.165, 1.54) is 7.11 Å². The Balaban J connectivity index is 1.68. The van der Waals surface area contributed by atoms with E-state index in [0.29, 0.717) is 50.4 Å². The lowest BCUT2D eigenvalue weighted by molar-refractivity contribution is -0.142. The summed E-state index contributed by atoms with van der Waals surface area (Å²) in [6.45, 7) is 9.62. The molecule has 31 heavy (non-hydrogen) atoms. The molecule has 1 aromatic carbocycles. The van der Waals surface area contributed by atoms with Gasteiger partial charge < -0.3 is 24.6 Å². The summed E-state index contributed by atoms with van der Waals surface area (Å²) in [6, 6.07) is 5.42. The van der Waals surface area contributed by atoms with Crippen LogP contribution in [-0.2, 0) is 19.1 Å². The van der Waals surface area contributed by atoms with Gasteiger partial charge in [0.1, 0.15) is 0 Å². The van der Waals surface area contributed by atoms with Crippen molar-refractivity contribution in [1.29, 1.82) is 0 Å². The third kappa shape index (κ3) is 5.55. The number of amides is 2. The van der Waals surface area contributed by atoms with Crippen LogP contribution in [0.1, 0.15) is 44.0 Å². The van der Waals surface area contributed by atoms with E-state index >= 15 is 0 Å². The van der Waals surface area contributed by atoms with Gasteiger partial charge in [-0.1, -0.05) is 20.8 Å². The number of methoxy groups -OCH3 is 1. The summed E-state index contributed by atoms with van der Waals surface area (Å²) in [5.41, 5.74) is 1.25. The fourth-order valence-corrected chi connectivity index (χ4v) is 3.99. The van der Waals surface area contributed by atoms with Gasteiger partial charge in [0.15, 0.2) is 0 Å². The van der Waals surface area contributed by atoms with Crippen molar-refractivity contribution in [3.63, 3.8) is 0 Å². The van der Waals surface area contributed by atoms with E-state index in [1.807, 2.05) is 31.7 Å². The number of hydrogen-bond donors (Lipinski definition) is 1. The maximum absolute atomic E-state index is 12.9. The van der Waals surface area contributed by atoms with Crippen LogP contribution in [0.2, 0.25) is 0 Å². The Kier molecular flexibility index (Phi) is 7.20. The molecule has 0 aromatic heterocycles. The highest BCUT2D eigenvalue weighted by Crippen LogP contribution is 2.28. The van der Waals surface area contributed by atoms with Gasteiger partial charge in [-0.25, -0.2) is 4.79 Å². The molecule has 0 aliphatic carbocycles. The minimum atomic E-state index is -0.490. The van der Waals surface area contributed by atoms with Gasteiger partial charge in [0.2, 0.25) is 11.8 Å². The largest absolute Gasteiger partial charge is 0.465 e. The Bertz CT molecular complexity index is 819. The molecule has 1 aromatic rings. The van der Waals surface area contributed by atoms with Gasteiger partial charge in [0.05, 0.1) is 31.6 Å². The molecule has 8 nitrogen and oxygen atoms in total. The second kappa shape index (κ2) is 9.68. The Labute approximate surface area is 183 Å². The van der Waals surface area contributed by atoms with Gasteiger partial charge in [0, 0.05) is 43.2 Å². The van der Waals surface area contributed by atoms with Crippen LogP contribution in [0.5, 0.6) is 0 Å². The molecule has 0 radical (unpaired) electrons. The third-order valence-electron chi connectivity index (χ3n) is 5.84. The summed E-state index contributed by atoms with van der Waals surface area (Å²) in [7, 11) is 1.33. The molecule has 2 aliphatic rings. The lowest BCUT2D eigenvalue weighted by Gasteiger charge is -2.35. The summed E-state index contributed by atoms with van der Waals surface area (Å²) >= 11 is 0. The van der Waals surface area contributed by atoms with Gasteiger partial charge in [0.25, 0.3) is 0 Å². The van der Waals surface area contributed by atoms with Crippen molar-refractivity contribution in [2.24, 2.45) is 11.3 Å². The molecule has 170 valence electrons. The molecule has 3 rings (SSSR count). The van der Waals surface area contributed by atoms with Gasteiger partial charge >= 0.3 is 5.97 Å². The molecule has 8 heteroatoms. The molecular formula is C23H33N3O5. The first-order chi connectivity index (χ1) is 14.7. The third-order valence-corrected chi connectivity index (χ3v) is 5.84. The molecule has 0 atom stereocenters. The van der Waals surface area contributed by atoms with Crippen LogP contribution in [-0.4, -0.2) is 69.2 Å². The maximum Gasteiger partial charge on any atom is 0.340 e. The minimum Gasteiger partial charge on any atom is -0.465 e. The van der Waals surface area contributed by atoms with E-state index < -0.39 is 11.4 Å². The molecule has 2 aliphatic heterocycles. The molecule has 1 N–H and O–H groups in total. The van der Waals surface area contributed by atoms with Crippen LogP contribution in [0.4, 0.5) is 11.4 Å². The second-order valence-corrected chi connectivity index (χ2v) is 9.13. The van der Waals surface area contributed by atoms with Crippen LogP contribution in [0.15, 0.2) is 18.2 Å². The summed E-state index contributed by atoms with van der Waals surface area (Å²) in [4.78, 5) is 41.7. The van der Waals surface area contributed by atoms with Gasteiger partial charge in [-0.2, -0.15) is 0 Å². The standard InChI is InChI=1S/C23H33N3O5/c1-23(2,3)22(29)26-9-7-16(8-10-26)20(27)24-19-6-5-17(15-18(19)21(28)30-4)25-11-13-31-14-12-25/h5-6,15-16H,7-14H2,1-4H3,(H,24,27). The van der Waals surface area contributed by atoms with Crippen LogP contribution >= 0.6 is 0 Å². The van der Waals surface area contributed by atoms with E-state index in [-0.39, 0.29) is 17.7 Å². The average molecular weight is 432 g/mol. The van der Waals surface area contributed by atoms with E-state index in [4.69, 9.17) is 9.47 Å². The van der Waals surface area contributed by atoms with Gasteiger partial charge in [-0.3, -0.25) is 9.59 Å². The van der Waals surface area contributed by atoms with Gasteiger partial charge in [-0.15, -0.1) is 0 Å². The highest BCUT2D eigenvalue weighted by Gasteiger charge is 2.32. The fraction of sp³-hybridized carbons (Fsp3) is 0.609. The second-order valence-electron chi connectivity index (χ2n) is 9.13. The molecule has 0 saturated carbocycles. The van der Waals surface area contributed by atoms with Crippen molar-refractivity contribution in [2.45, 2.75) is 33.6 Å². The number of morpholine rings is 1. The van der Waals surface area contributed by atoms with Crippen molar-refractivity contribution in [1.82, 2.24) is 4.90 Å². The topological polar surface area (TPSA) is 88.2 Å². The van der Waals surface area contributed by atoms with E-state index in [1.54, 1.807) is 12.1 Å². The van der Waals surface area contributed by atoms with Crippen LogP contribution < -0.4 is 10.2 Å². The maximum atomic E-state index is 12.9. The van der Waals surface area contributed by atoms with Crippen molar-refractivity contribution >= 4 is 29.2 Å². The van der Waals surface area contributed by atoms with E-state index in [2.05, 4.69) is 10.2 Å². The number of esters is 1. The zero-order chi connectivity index (χ0) is 22.6. The number of anilines is 2. The normalized spacial score (nSPS) is 17.9. The predicted molar refractivity (Wildman–Crippen MR) is 118 cm³/mol. The zero-order valence-corrected chi connectivity index (χ0v) is 18.9. The molecule has 0 spiro atoms. The molecular weight excluding hydrogens is 398 g/mol. The van der Waals surface area contributed by atoms with Crippen molar-refractivity contribution in [3.8, 4) is 0 Å². The highest BCUT2D eigenvalue weighted by atomic mass is 16.5. The lowest BCUT2D eigenvalue weighted by Crippen LogP contribution is -2.45. The Morgan fingerprint density at radius 3 is 2.29 bits per heavy atom. The lowest BCUT2D eigenvalue weighted by atomic mass is 9.90.